The monoisotopic (exact) mass is 200 g/mol. The predicted molar refractivity (Wildman–Crippen MR) is 62.1 cm³/mol. The highest BCUT2D eigenvalue weighted by atomic mass is 16.1. The highest BCUT2D eigenvalue weighted by Crippen LogP contribution is 2.12. The van der Waals surface area contributed by atoms with Crippen LogP contribution in [0.3, 0.4) is 0 Å². The van der Waals surface area contributed by atoms with E-state index in [1.54, 1.807) is 7.05 Å². The Hall–Kier alpha value is -0.830. The molecule has 0 rings (SSSR count). The summed E-state index contributed by atoms with van der Waals surface area (Å²) in [5.41, 5.74) is 4.67. The second kappa shape index (κ2) is 8.75. The second-order valence-corrected chi connectivity index (χ2v) is 3.13. The maximum atomic E-state index is 11.0. The summed E-state index contributed by atoms with van der Waals surface area (Å²) in [6.07, 6.45) is 4.45. The van der Waals surface area contributed by atoms with Crippen LogP contribution >= 0.6 is 0 Å². The lowest BCUT2D eigenvalue weighted by atomic mass is 9.94. The Morgan fingerprint density at radius 3 is 2.36 bits per heavy atom. The van der Waals surface area contributed by atoms with E-state index in [1.807, 2.05) is 26.8 Å². The molecule has 0 aromatic heterocycles. The van der Waals surface area contributed by atoms with Gasteiger partial charge in [0.05, 0.1) is 5.54 Å². The van der Waals surface area contributed by atoms with Gasteiger partial charge in [0.2, 0.25) is 5.91 Å². The molecule has 14 heavy (non-hydrogen) atoms. The molecule has 0 aliphatic rings. The smallest absolute Gasteiger partial charge is 0.237 e. The van der Waals surface area contributed by atoms with Crippen LogP contribution in [0.25, 0.3) is 0 Å². The summed E-state index contributed by atoms with van der Waals surface area (Å²) >= 11 is 0. The van der Waals surface area contributed by atoms with Gasteiger partial charge in [-0.3, -0.25) is 4.79 Å². The number of nitrogens with two attached hydrogens (primary N) is 1. The maximum Gasteiger partial charge on any atom is 0.237 e. The molecule has 84 valence electrons. The molecule has 0 saturated carbocycles. The molecule has 1 amide bonds. The average Bonchev–Trinajstić information content (AvgIpc) is 2.20. The molecule has 3 N–H and O–H groups in total. The van der Waals surface area contributed by atoms with Gasteiger partial charge in [0, 0.05) is 0 Å². The molecule has 0 bridgehead atoms. The molecule has 0 aliphatic carbocycles. The fraction of sp³-hybridized carbons (Fsp3) is 0.727. The molecule has 0 heterocycles. The molecule has 3 heteroatoms. The number of nitrogens with one attached hydrogen (secondary N) is 1. The van der Waals surface area contributed by atoms with E-state index in [4.69, 9.17) is 5.73 Å². The number of hydrogen-bond donors (Lipinski definition) is 2. The van der Waals surface area contributed by atoms with Crippen molar-refractivity contribution < 1.29 is 4.79 Å². The number of unbranched alkanes of at least 4 members (excludes halogenated alkanes) is 1. The van der Waals surface area contributed by atoms with Crippen molar-refractivity contribution in [1.82, 2.24) is 5.32 Å². The molecule has 0 aromatic rings. The first kappa shape index (κ1) is 15.6. The van der Waals surface area contributed by atoms with E-state index in [-0.39, 0.29) is 5.91 Å². The van der Waals surface area contributed by atoms with E-state index < -0.39 is 5.54 Å². The molecule has 0 aromatic carbocycles. The first-order chi connectivity index (χ1) is 6.56. The zero-order valence-electron chi connectivity index (χ0n) is 9.89. The Morgan fingerprint density at radius 1 is 1.57 bits per heavy atom. The van der Waals surface area contributed by atoms with Crippen molar-refractivity contribution in [3.63, 3.8) is 0 Å². The minimum Gasteiger partial charge on any atom is -0.368 e. The molecule has 1 atom stereocenters. The summed E-state index contributed by atoms with van der Waals surface area (Å²) < 4.78 is 0. The highest BCUT2D eigenvalue weighted by Gasteiger charge is 2.27. The van der Waals surface area contributed by atoms with Crippen LogP contribution in [0.2, 0.25) is 0 Å². The van der Waals surface area contributed by atoms with E-state index in [1.165, 1.54) is 0 Å². The number of rotatable bonds is 6. The highest BCUT2D eigenvalue weighted by molar-refractivity contribution is 5.84. The molecular formula is C11H24N2O. The summed E-state index contributed by atoms with van der Waals surface area (Å²) in [5.74, 6) is -0.297. The van der Waals surface area contributed by atoms with Gasteiger partial charge in [-0.2, -0.15) is 0 Å². The zero-order valence-corrected chi connectivity index (χ0v) is 9.89. The van der Waals surface area contributed by atoms with Crippen molar-refractivity contribution in [2.45, 2.75) is 45.6 Å². The lowest BCUT2D eigenvalue weighted by Crippen LogP contribution is -2.51. The topological polar surface area (TPSA) is 55.1 Å². The Kier molecular flexibility index (Phi) is 9.78. The van der Waals surface area contributed by atoms with Gasteiger partial charge in [-0.1, -0.05) is 19.9 Å². The lowest BCUT2D eigenvalue weighted by molar-refractivity contribution is -0.123. The molecule has 0 radical (unpaired) electrons. The van der Waals surface area contributed by atoms with Crippen molar-refractivity contribution in [3.05, 3.63) is 12.7 Å². The van der Waals surface area contributed by atoms with E-state index in [0.29, 0.717) is 0 Å². The maximum absolute atomic E-state index is 11.0. The van der Waals surface area contributed by atoms with Gasteiger partial charge >= 0.3 is 0 Å². The minimum atomic E-state index is -0.566. The summed E-state index contributed by atoms with van der Waals surface area (Å²) in [7, 11) is 1.75. The van der Waals surface area contributed by atoms with Crippen LogP contribution in [0.15, 0.2) is 12.7 Å². The molecule has 0 spiro atoms. The molecular weight excluding hydrogens is 176 g/mol. The number of hydrogen-bond acceptors (Lipinski definition) is 2. The normalized spacial score (nSPS) is 13.4. The fourth-order valence-corrected chi connectivity index (χ4v) is 0.971. The number of primary amides is 1. The van der Waals surface area contributed by atoms with Crippen LogP contribution in [0.1, 0.15) is 40.0 Å². The SMILES string of the molecule is C=CCCC[C@](C)(NC)C(N)=O.CC. The van der Waals surface area contributed by atoms with Crippen LogP contribution in [0.4, 0.5) is 0 Å². The first-order valence-electron chi connectivity index (χ1n) is 5.16. The lowest BCUT2D eigenvalue weighted by Gasteiger charge is -2.24. The summed E-state index contributed by atoms with van der Waals surface area (Å²) in [4.78, 5) is 11.0. The third-order valence-electron chi connectivity index (χ3n) is 2.18. The Labute approximate surface area is 87.8 Å². The van der Waals surface area contributed by atoms with Crippen molar-refractivity contribution in [2.75, 3.05) is 7.05 Å². The Bertz CT molecular complexity index is 169. The summed E-state index contributed by atoms with van der Waals surface area (Å²) in [5, 5.41) is 2.93. The van der Waals surface area contributed by atoms with Gasteiger partial charge in [-0.25, -0.2) is 0 Å². The molecule has 0 unspecified atom stereocenters. The van der Waals surface area contributed by atoms with Crippen molar-refractivity contribution in [2.24, 2.45) is 5.73 Å². The van der Waals surface area contributed by atoms with Gasteiger partial charge in [0.15, 0.2) is 0 Å². The van der Waals surface area contributed by atoms with E-state index >= 15 is 0 Å². The molecule has 0 aliphatic heterocycles. The largest absolute Gasteiger partial charge is 0.368 e. The van der Waals surface area contributed by atoms with Crippen molar-refractivity contribution in [3.8, 4) is 0 Å². The van der Waals surface area contributed by atoms with Crippen LogP contribution < -0.4 is 11.1 Å². The predicted octanol–water partition coefficient (Wildman–Crippen LogP) is 1.83. The van der Waals surface area contributed by atoms with Gasteiger partial charge in [0.1, 0.15) is 0 Å². The van der Waals surface area contributed by atoms with Gasteiger partial charge < -0.3 is 11.1 Å². The van der Waals surface area contributed by atoms with Crippen LogP contribution in [0, 0.1) is 0 Å². The number of likely N-dealkylation sites (N-methyl/N-ethyl adjacent to an activating group) is 1. The third kappa shape index (κ3) is 5.75. The van der Waals surface area contributed by atoms with Gasteiger partial charge in [-0.05, 0) is 33.2 Å². The summed E-state index contributed by atoms with van der Waals surface area (Å²) in [6, 6.07) is 0. The number of allylic oxidation sites excluding steroid dienone is 1. The van der Waals surface area contributed by atoms with E-state index in [0.717, 1.165) is 19.3 Å². The van der Waals surface area contributed by atoms with E-state index in [2.05, 4.69) is 11.9 Å². The van der Waals surface area contributed by atoms with Crippen LogP contribution in [0.5, 0.6) is 0 Å². The standard InChI is InChI=1S/C9H18N2O.C2H6/c1-4-5-6-7-9(2,11-3)8(10)12;1-2/h4,11H,1,5-7H2,2-3H3,(H2,10,12);1-2H3/t9-;/m0./s1. The second-order valence-electron chi connectivity index (χ2n) is 3.13. The van der Waals surface area contributed by atoms with Gasteiger partial charge in [0.25, 0.3) is 0 Å². The van der Waals surface area contributed by atoms with Crippen LogP contribution in [-0.4, -0.2) is 18.5 Å². The zero-order chi connectivity index (χ0) is 11.6. The Balaban J connectivity index is 0. The molecule has 0 fully saturated rings. The van der Waals surface area contributed by atoms with E-state index in [9.17, 15) is 4.79 Å². The number of carbonyl (C=O) groups excluding carboxylic acids is 1. The van der Waals surface area contributed by atoms with Gasteiger partial charge in [-0.15, -0.1) is 6.58 Å². The number of amides is 1. The third-order valence-corrected chi connectivity index (χ3v) is 2.18. The average molecular weight is 200 g/mol. The van der Waals surface area contributed by atoms with Crippen molar-refractivity contribution >= 4 is 5.91 Å². The number of carbonyl (C=O) groups is 1. The quantitative estimate of drug-likeness (QED) is 0.507. The van der Waals surface area contributed by atoms with Crippen LogP contribution in [-0.2, 0) is 4.79 Å². The minimum absolute atomic E-state index is 0.297. The Morgan fingerprint density at radius 2 is 2.07 bits per heavy atom. The first-order valence-corrected chi connectivity index (χ1v) is 5.16. The molecule has 3 nitrogen and oxygen atoms in total. The summed E-state index contributed by atoms with van der Waals surface area (Å²) in [6.45, 7) is 9.43. The fourth-order valence-electron chi connectivity index (χ4n) is 0.971. The molecule has 0 saturated heterocycles. The van der Waals surface area contributed by atoms with Crippen molar-refractivity contribution in [1.29, 1.82) is 0 Å².